The first-order valence-corrected chi connectivity index (χ1v) is 9.05. The third kappa shape index (κ3) is 3.69. The molecule has 1 saturated carbocycles. The number of amides is 1. The highest BCUT2D eigenvalue weighted by Gasteiger charge is 2.25. The van der Waals surface area contributed by atoms with Gasteiger partial charge in [-0.05, 0) is 31.7 Å². The molecule has 1 amide bonds. The van der Waals surface area contributed by atoms with Crippen molar-refractivity contribution in [1.82, 2.24) is 24.8 Å². The predicted molar refractivity (Wildman–Crippen MR) is 101 cm³/mol. The number of imidazole rings is 1. The van der Waals surface area contributed by atoms with E-state index >= 15 is 0 Å². The van der Waals surface area contributed by atoms with Gasteiger partial charge in [-0.2, -0.15) is 0 Å². The van der Waals surface area contributed by atoms with E-state index in [1.165, 1.54) is 0 Å². The summed E-state index contributed by atoms with van der Waals surface area (Å²) in [6, 6.07) is 3.72. The minimum atomic E-state index is -0.135. The Morgan fingerprint density at radius 1 is 1.15 bits per heavy atom. The Balaban J connectivity index is 1.38. The molecule has 0 aliphatic heterocycles. The molecule has 1 aliphatic rings. The van der Waals surface area contributed by atoms with E-state index in [-0.39, 0.29) is 18.1 Å². The molecule has 1 fully saturated rings. The van der Waals surface area contributed by atoms with Crippen molar-refractivity contribution in [1.29, 1.82) is 0 Å². The number of benzene rings is 1. The molecule has 8 heteroatoms. The monoisotopic (exact) mass is 366 g/mol. The smallest absolute Gasteiger partial charge is 0.287 e. The minimum absolute atomic E-state index is 0.0679. The molecule has 4 rings (SSSR count). The normalized spacial score (nSPS) is 19.7. The lowest BCUT2D eigenvalue weighted by molar-refractivity contribution is 0.0882. The van der Waals surface area contributed by atoms with Crippen molar-refractivity contribution in [3.05, 3.63) is 42.7 Å². The number of fused-ring (bicyclic) bond motifs is 1. The third-order valence-corrected chi connectivity index (χ3v) is 4.89. The van der Waals surface area contributed by atoms with Gasteiger partial charge in [-0.3, -0.25) is 9.78 Å². The summed E-state index contributed by atoms with van der Waals surface area (Å²) in [5.41, 5.74) is 8.01. The number of rotatable bonds is 4. The maximum Gasteiger partial charge on any atom is 0.287 e. The second-order valence-electron chi connectivity index (χ2n) is 6.87. The van der Waals surface area contributed by atoms with Gasteiger partial charge in [0.1, 0.15) is 11.3 Å². The Kier molecular flexibility index (Phi) is 4.62. The lowest BCUT2D eigenvalue weighted by Gasteiger charge is -2.29. The molecule has 3 N–H and O–H groups in total. The lowest BCUT2D eigenvalue weighted by atomic mass is 9.93. The van der Waals surface area contributed by atoms with Gasteiger partial charge in [0.25, 0.3) is 5.91 Å². The number of carbonyl (C=O) groups excluding carboxylic acids is 1. The van der Waals surface area contributed by atoms with E-state index in [1.807, 2.05) is 7.05 Å². The van der Waals surface area contributed by atoms with Crippen LogP contribution in [0, 0.1) is 0 Å². The van der Waals surface area contributed by atoms with Crippen LogP contribution >= 0.6 is 0 Å². The summed E-state index contributed by atoms with van der Waals surface area (Å²) in [5, 5.41) is 3.07. The van der Waals surface area contributed by atoms with E-state index in [0.717, 1.165) is 36.7 Å². The number of anilines is 1. The van der Waals surface area contributed by atoms with Crippen LogP contribution in [0.15, 0.2) is 36.9 Å². The third-order valence-electron chi connectivity index (χ3n) is 4.89. The Bertz CT molecular complexity index is 962. The zero-order valence-electron chi connectivity index (χ0n) is 15.1. The van der Waals surface area contributed by atoms with E-state index in [9.17, 15) is 4.79 Å². The number of nitrogens with two attached hydrogens (primary N) is 1. The van der Waals surface area contributed by atoms with Crippen molar-refractivity contribution in [2.75, 3.05) is 5.73 Å². The largest absolute Gasteiger partial charge is 0.488 e. The summed E-state index contributed by atoms with van der Waals surface area (Å²) in [5.74, 6) is 0.959. The van der Waals surface area contributed by atoms with E-state index in [4.69, 9.17) is 10.5 Å². The molecule has 140 valence electrons. The van der Waals surface area contributed by atoms with Gasteiger partial charge in [0, 0.05) is 49.6 Å². The molecule has 27 heavy (non-hydrogen) atoms. The molecule has 3 aromatic rings. The van der Waals surface area contributed by atoms with E-state index in [2.05, 4.69) is 20.3 Å². The summed E-state index contributed by atoms with van der Waals surface area (Å²) < 4.78 is 7.90. The molecule has 1 aromatic carbocycles. The number of hydrogen-bond donors (Lipinski definition) is 2. The summed E-state index contributed by atoms with van der Waals surface area (Å²) >= 11 is 0. The van der Waals surface area contributed by atoms with Crippen molar-refractivity contribution >= 4 is 22.6 Å². The highest BCUT2D eigenvalue weighted by Crippen LogP contribution is 2.30. The first-order chi connectivity index (χ1) is 13.1. The minimum Gasteiger partial charge on any atom is -0.488 e. The Morgan fingerprint density at radius 3 is 2.67 bits per heavy atom. The summed E-state index contributed by atoms with van der Waals surface area (Å²) in [6.07, 6.45) is 10.1. The number of ether oxygens (including phenoxy) is 1. The first kappa shape index (κ1) is 17.3. The molecule has 2 aromatic heterocycles. The van der Waals surface area contributed by atoms with Crippen LogP contribution in [0.2, 0.25) is 0 Å². The van der Waals surface area contributed by atoms with Crippen LogP contribution in [0.3, 0.4) is 0 Å². The molecule has 1 aliphatic carbocycles. The van der Waals surface area contributed by atoms with Crippen LogP contribution < -0.4 is 15.8 Å². The average molecular weight is 366 g/mol. The van der Waals surface area contributed by atoms with Crippen molar-refractivity contribution in [3.63, 3.8) is 0 Å². The van der Waals surface area contributed by atoms with Gasteiger partial charge in [0.2, 0.25) is 0 Å². The Labute approximate surface area is 156 Å². The summed E-state index contributed by atoms with van der Waals surface area (Å²) in [6.45, 7) is 0. The molecule has 0 atom stereocenters. The van der Waals surface area contributed by atoms with Crippen LogP contribution in [-0.2, 0) is 7.05 Å². The fourth-order valence-electron chi connectivity index (χ4n) is 3.49. The highest BCUT2D eigenvalue weighted by atomic mass is 16.5. The van der Waals surface area contributed by atoms with Crippen LogP contribution in [-0.4, -0.2) is 37.6 Å². The van der Waals surface area contributed by atoms with Crippen molar-refractivity contribution in [2.24, 2.45) is 7.05 Å². The van der Waals surface area contributed by atoms with Crippen LogP contribution in [0.4, 0.5) is 5.69 Å². The number of aromatic nitrogens is 4. The number of hydrogen-bond acceptors (Lipinski definition) is 6. The zero-order chi connectivity index (χ0) is 18.8. The number of nitrogen functional groups attached to an aromatic ring is 1. The average Bonchev–Trinajstić information content (AvgIpc) is 3.09. The van der Waals surface area contributed by atoms with Gasteiger partial charge in [0.15, 0.2) is 5.82 Å². The van der Waals surface area contributed by atoms with Crippen LogP contribution in [0.5, 0.6) is 5.75 Å². The predicted octanol–water partition coefficient (Wildman–Crippen LogP) is 2.07. The molecule has 2 heterocycles. The standard InChI is InChI=1S/C19H22N6O2/c1-25-9-8-23-18(25)19(26)24-13-2-4-14(5-3-13)27-16-11-12(20)10-15-17(16)22-7-6-21-15/h6-11,13-14H,2-5,20H2,1H3,(H,24,26). The molecule has 8 nitrogen and oxygen atoms in total. The second-order valence-corrected chi connectivity index (χ2v) is 6.87. The molecule has 0 unspecified atom stereocenters. The Morgan fingerprint density at radius 2 is 1.93 bits per heavy atom. The zero-order valence-corrected chi connectivity index (χ0v) is 15.1. The van der Waals surface area contributed by atoms with Crippen LogP contribution in [0.25, 0.3) is 11.0 Å². The van der Waals surface area contributed by atoms with Crippen molar-refractivity contribution in [3.8, 4) is 5.75 Å². The summed E-state index contributed by atoms with van der Waals surface area (Å²) in [4.78, 5) is 25.1. The molecular formula is C19H22N6O2. The maximum absolute atomic E-state index is 12.3. The van der Waals surface area contributed by atoms with E-state index in [1.54, 1.807) is 41.5 Å². The number of aryl methyl sites for hydroxylation is 1. The maximum atomic E-state index is 12.3. The van der Waals surface area contributed by atoms with Crippen LogP contribution in [0.1, 0.15) is 36.3 Å². The fraction of sp³-hybridized carbons (Fsp3) is 0.368. The number of nitrogens with zero attached hydrogens (tertiary/aromatic N) is 4. The number of carbonyl (C=O) groups is 1. The number of nitrogens with one attached hydrogen (secondary N) is 1. The SMILES string of the molecule is Cn1ccnc1C(=O)NC1CCC(Oc2cc(N)cc3nccnc23)CC1. The van der Waals surface area contributed by atoms with Gasteiger partial charge in [-0.25, -0.2) is 9.97 Å². The van der Waals surface area contributed by atoms with Gasteiger partial charge in [-0.1, -0.05) is 0 Å². The fourth-order valence-corrected chi connectivity index (χ4v) is 3.49. The molecular weight excluding hydrogens is 344 g/mol. The van der Waals surface area contributed by atoms with Gasteiger partial charge >= 0.3 is 0 Å². The first-order valence-electron chi connectivity index (χ1n) is 9.05. The summed E-state index contributed by atoms with van der Waals surface area (Å²) in [7, 11) is 1.81. The highest BCUT2D eigenvalue weighted by molar-refractivity contribution is 5.91. The van der Waals surface area contributed by atoms with Gasteiger partial charge < -0.3 is 20.4 Å². The van der Waals surface area contributed by atoms with E-state index in [0.29, 0.717) is 17.3 Å². The Hall–Kier alpha value is -3.16. The van der Waals surface area contributed by atoms with E-state index < -0.39 is 0 Å². The molecule has 0 saturated heterocycles. The molecule has 0 spiro atoms. The molecule has 0 bridgehead atoms. The van der Waals surface area contributed by atoms with Gasteiger partial charge in [0.05, 0.1) is 11.6 Å². The second kappa shape index (κ2) is 7.22. The van der Waals surface area contributed by atoms with Gasteiger partial charge in [-0.15, -0.1) is 0 Å². The quantitative estimate of drug-likeness (QED) is 0.684. The van der Waals surface area contributed by atoms with Crippen molar-refractivity contribution < 1.29 is 9.53 Å². The molecule has 0 radical (unpaired) electrons. The van der Waals surface area contributed by atoms with Crippen molar-refractivity contribution in [2.45, 2.75) is 37.8 Å². The lowest BCUT2D eigenvalue weighted by Crippen LogP contribution is -2.40. The topological polar surface area (TPSA) is 108 Å².